The van der Waals surface area contributed by atoms with Gasteiger partial charge in [0.05, 0.1) is 5.56 Å². The minimum Gasteiger partial charge on any atom is -0.456 e. The topological polar surface area (TPSA) is 29.5 Å². The highest BCUT2D eigenvalue weighted by molar-refractivity contribution is 5.90. The standard InChI is InChI=1S/C17H25NO2/c1-16(2,3)18-10-9-12-11-13(7-8-14(12)18)15(19)20-17(4,5)6/h7-8,11H,9-10H2,1-6H3. The molecular weight excluding hydrogens is 250 g/mol. The normalized spacial score (nSPS) is 15.2. The van der Waals surface area contributed by atoms with Crippen molar-refractivity contribution in [1.29, 1.82) is 0 Å². The second kappa shape index (κ2) is 4.80. The molecule has 1 aliphatic rings. The molecule has 0 aliphatic carbocycles. The molecule has 0 saturated heterocycles. The van der Waals surface area contributed by atoms with E-state index in [1.807, 2.05) is 39.0 Å². The summed E-state index contributed by atoms with van der Waals surface area (Å²) < 4.78 is 5.43. The number of hydrogen-bond donors (Lipinski definition) is 0. The fourth-order valence-electron chi connectivity index (χ4n) is 2.56. The van der Waals surface area contributed by atoms with E-state index in [1.54, 1.807) is 0 Å². The summed E-state index contributed by atoms with van der Waals surface area (Å²) in [4.78, 5) is 14.5. The Balaban J connectivity index is 2.25. The SMILES string of the molecule is CC(C)(C)OC(=O)c1ccc2c(c1)CCN2C(C)(C)C. The molecule has 2 rings (SSSR count). The van der Waals surface area contributed by atoms with Crippen molar-refractivity contribution in [3.63, 3.8) is 0 Å². The molecule has 0 fully saturated rings. The van der Waals surface area contributed by atoms with Crippen LogP contribution in [0.1, 0.15) is 57.5 Å². The number of esters is 1. The zero-order chi connectivity index (χ0) is 15.1. The highest BCUT2D eigenvalue weighted by Crippen LogP contribution is 2.34. The monoisotopic (exact) mass is 275 g/mol. The third-order valence-corrected chi connectivity index (χ3v) is 3.42. The van der Waals surface area contributed by atoms with E-state index in [1.165, 1.54) is 11.3 Å². The smallest absolute Gasteiger partial charge is 0.338 e. The number of fused-ring (bicyclic) bond motifs is 1. The van der Waals surface area contributed by atoms with Crippen LogP contribution in [-0.2, 0) is 11.2 Å². The van der Waals surface area contributed by atoms with E-state index in [0.717, 1.165) is 13.0 Å². The van der Waals surface area contributed by atoms with Crippen molar-refractivity contribution in [2.24, 2.45) is 0 Å². The van der Waals surface area contributed by atoms with Crippen molar-refractivity contribution in [2.45, 2.75) is 59.1 Å². The van der Waals surface area contributed by atoms with Crippen molar-refractivity contribution >= 4 is 11.7 Å². The number of hydrogen-bond acceptors (Lipinski definition) is 3. The van der Waals surface area contributed by atoms with Gasteiger partial charge in [0.25, 0.3) is 0 Å². The van der Waals surface area contributed by atoms with E-state index in [2.05, 4.69) is 25.7 Å². The molecule has 110 valence electrons. The summed E-state index contributed by atoms with van der Waals surface area (Å²) in [6.07, 6.45) is 0.989. The highest BCUT2D eigenvalue weighted by Gasteiger charge is 2.29. The van der Waals surface area contributed by atoms with E-state index in [4.69, 9.17) is 4.74 Å². The van der Waals surface area contributed by atoms with Crippen LogP contribution in [-0.4, -0.2) is 23.7 Å². The van der Waals surface area contributed by atoms with E-state index in [0.29, 0.717) is 5.56 Å². The van der Waals surface area contributed by atoms with Gasteiger partial charge in [0, 0.05) is 17.8 Å². The van der Waals surface area contributed by atoms with E-state index >= 15 is 0 Å². The second-order valence-electron chi connectivity index (χ2n) is 7.42. The van der Waals surface area contributed by atoms with Crippen molar-refractivity contribution in [2.75, 3.05) is 11.4 Å². The molecule has 1 heterocycles. The average molecular weight is 275 g/mol. The first-order valence-corrected chi connectivity index (χ1v) is 7.22. The predicted octanol–water partition coefficient (Wildman–Crippen LogP) is 3.80. The lowest BCUT2D eigenvalue weighted by Gasteiger charge is -2.34. The second-order valence-corrected chi connectivity index (χ2v) is 7.42. The zero-order valence-electron chi connectivity index (χ0n) is 13.4. The van der Waals surface area contributed by atoms with Crippen LogP contribution >= 0.6 is 0 Å². The van der Waals surface area contributed by atoms with Gasteiger partial charge in [-0.2, -0.15) is 0 Å². The van der Waals surface area contributed by atoms with Crippen molar-refractivity contribution in [3.8, 4) is 0 Å². The zero-order valence-corrected chi connectivity index (χ0v) is 13.4. The summed E-state index contributed by atoms with van der Waals surface area (Å²) in [5, 5.41) is 0. The maximum absolute atomic E-state index is 12.1. The molecule has 3 heteroatoms. The summed E-state index contributed by atoms with van der Waals surface area (Å²) in [5.74, 6) is -0.241. The molecule has 0 bridgehead atoms. The lowest BCUT2D eigenvalue weighted by molar-refractivity contribution is 0.00695. The molecule has 1 aromatic rings. The van der Waals surface area contributed by atoms with Crippen LogP contribution in [0.5, 0.6) is 0 Å². The van der Waals surface area contributed by atoms with Crippen LogP contribution in [0.2, 0.25) is 0 Å². The van der Waals surface area contributed by atoms with Crippen LogP contribution < -0.4 is 4.90 Å². The van der Waals surface area contributed by atoms with Crippen LogP contribution in [0, 0.1) is 0 Å². The molecule has 20 heavy (non-hydrogen) atoms. The molecule has 0 N–H and O–H groups in total. The van der Waals surface area contributed by atoms with Gasteiger partial charge < -0.3 is 9.64 Å². The molecule has 0 unspecified atom stereocenters. The lowest BCUT2D eigenvalue weighted by atomic mass is 10.0. The Morgan fingerprint density at radius 1 is 1.15 bits per heavy atom. The highest BCUT2D eigenvalue weighted by atomic mass is 16.6. The van der Waals surface area contributed by atoms with Gasteiger partial charge in [-0.25, -0.2) is 4.79 Å². The Bertz CT molecular complexity index is 521. The Morgan fingerprint density at radius 2 is 1.80 bits per heavy atom. The Kier molecular flexibility index (Phi) is 3.57. The van der Waals surface area contributed by atoms with Gasteiger partial charge in [-0.1, -0.05) is 0 Å². The average Bonchev–Trinajstić information content (AvgIpc) is 2.68. The van der Waals surface area contributed by atoms with Crippen molar-refractivity contribution in [1.82, 2.24) is 0 Å². The van der Waals surface area contributed by atoms with Crippen molar-refractivity contribution in [3.05, 3.63) is 29.3 Å². The molecule has 0 aromatic heterocycles. The van der Waals surface area contributed by atoms with Gasteiger partial charge in [-0.05, 0) is 71.7 Å². The Labute approximate surface area is 121 Å². The van der Waals surface area contributed by atoms with Crippen LogP contribution in [0.3, 0.4) is 0 Å². The van der Waals surface area contributed by atoms with Gasteiger partial charge in [0.1, 0.15) is 5.60 Å². The summed E-state index contributed by atoms with van der Waals surface area (Å²) in [5.41, 5.74) is 2.79. The van der Waals surface area contributed by atoms with Gasteiger partial charge in [0.2, 0.25) is 0 Å². The third kappa shape index (κ3) is 3.14. The Hall–Kier alpha value is -1.51. The van der Waals surface area contributed by atoms with Gasteiger partial charge >= 0.3 is 5.97 Å². The quantitative estimate of drug-likeness (QED) is 0.730. The first-order chi connectivity index (χ1) is 9.08. The molecule has 1 aliphatic heterocycles. The van der Waals surface area contributed by atoms with Crippen LogP contribution in [0.15, 0.2) is 18.2 Å². The van der Waals surface area contributed by atoms with E-state index < -0.39 is 5.60 Å². The number of nitrogens with zero attached hydrogens (tertiary/aromatic N) is 1. The molecule has 0 spiro atoms. The molecule has 1 aromatic carbocycles. The summed E-state index contributed by atoms with van der Waals surface area (Å²) >= 11 is 0. The number of ether oxygens (including phenoxy) is 1. The lowest BCUT2D eigenvalue weighted by Crippen LogP contribution is -2.40. The minimum absolute atomic E-state index is 0.110. The summed E-state index contributed by atoms with van der Waals surface area (Å²) in [6.45, 7) is 13.3. The maximum atomic E-state index is 12.1. The van der Waals surface area contributed by atoms with E-state index in [-0.39, 0.29) is 11.5 Å². The predicted molar refractivity (Wildman–Crippen MR) is 82.4 cm³/mol. The maximum Gasteiger partial charge on any atom is 0.338 e. The van der Waals surface area contributed by atoms with Gasteiger partial charge in [-0.15, -0.1) is 0 Å². The molecule has 0 atom stereocenters. The van der Waals surface area contributed by atoms with Crippen LogP contribution in [0.4, 0.5) is 5.69 Å². The van der Waals surface area contributed by atoms with E-state index in [9.17, 15) is 4.79 Å². The summed E-state index contributed by atoms with van der Waals surface area (Å²) in [7, 11) is 0. The van der Waals surface area contributed by atoms with Gasteiger partial charge in [-0.3, -0.25) is 0 Å². The number of rotatable bonds is 1. The molecular formula is C17H25NO2. The number of carbonyl (C=O) groups is 1. The largest absolute Gasteiger partial charge is 0.456 e. The first kappa shape index (κ1) is 14.9. The number of carbonyl (C=O) groups excluding carboxylic acids is 1. The fraction of sp³-hybridized carbons (Fsp3) is 0.588. The van der Waals surface area contributed by atoms with Crippen molar-refractivity contribution < 1.29 is 9.53 Å². The molecule has 0 saturated carbocycles. The Morgan fingerprint density at radius 3 is 2.35 bits per heavy atom. The number of anilines is 1. The third-order valence-electron chi connectivity index (χ3n) is 3.42. The molecule has 0 radical (unpaired) electrons. The molecule has 3 nitrogen and oxygen atoms in total. The summed E-state index contributed by atoms with van der Waals surface area (Å²) in [6, 6.07) is 5.90. The fourth-order valence-corrected chi connectivity index (χ4v) is 2.56. The van der Waals surface area contributed by atoms with Crippen LogP contribution in [0.25, 0.3) is 0 Å². The molecule has 0 amide bonds. The number of benzene rings is 1. The van der Waals surface area contributed by atoms with Gasteiger partial charge in [0.15, 0.2) is 0 Å². The first-order valence-electron chi connectivity index (χ1n) is 7.22. The minimum atomic E-state index is -0.451.